The van der Waals surface area contributed by atoms with Crippen LogP contribution in [0.4, 0.5) is 5.00 Å². The number of thiophene rings is 1. The molecule has 6 nitrogen and oxygen atoms in total. The van der Waals surface area contributed by atoms with Crippen molar-refractivity contribution in [3.8, 4) is 0 Å². The molecule has 0 unspecified atom stereocenters. The van der Waals surface area contributed by atoms with Gasteiger partial charge < -0.3 is 15.7 Å². The lowest BCUT2D eigenvalue weighted by molar-refractivity contribution is -0.146. The highest BCUT2D eigenvalue weighted by molar-refractivity contribution is 7.17. The molecule has 0 aliphatic heterocycles. The fraction of sp³-hybridized carbons (Fsp3) is 0.591. The van der Waals surface area contributed by atoms with Gasteiger partial charge in [-0.25, -0.2) is 0 Å². The Morgan fingerprint density at radius 2 is 1.72 bits per heavy atom. The van der Waals surface area contributed by atoms with Crippen LogP contribution in [0, 0.1) is 23.7 Å². The van der Waals surface area contributed by atoms with Crippen LogP contribution in [0.25, 0.3) is 0 Å². The molecule has 0 aromatic carbocycles. The smallest absolute Gasteiger partial charge is 0.307 e. The van der Waals surface area contributed by atoms with Crippen LogP contribution < -0.4 is 10.6 Å². The fourth-order valence-electron chi connectivity index (χ4n) is 5.77. The number of anilines is 1. The molecule has 29 heavy (non-hydrogen) atoms. The third-order valence-electron chi connectivity index (χ3n) is 7.12. The first kappa shape index (κ1) is 18.9. The van der Waals surface area contributed by atoms with Gasteiger partial charge in [0.15, 0.2) is 0 Å². The van der Waals surface area contributed by atoms with Crippen LogP contribution in [0.1, 0.15) is 59.3 Å². The van der Waals surface area contributed by atoms with Crippen molar-refractivity contribution in [1.29, 1.82) is 0 Å². The van der Waals surface area contributed by atoms with Gasteiger partial charge >= 0.3 is 5.97 Å². The topological polar surface area (TPSA) is 95.5 Å². The molecule has 0 spiro atoms. The number of rotatable bonds is 5. The molecule has 1 aromatic heterocycles. The Morgan fingerprint density at radius 3 is 2.45 bits per heavy atom. The molecule has 7 heteroatoms. The van der Waals surface area contributed by atoms with Gasteiger partial charge in [0, 0.05) is 10.9 Å². The Labute approximate surface area is 173 Å². The lowest BCUT2D eigenvalue weighted by atomic mass is 9.82. The summed E-state index contributed by atoms with van der Waals surface area (Å²) in [7, 11) is 0. The second-order valence-electron chi connectivity index (χ2n) is 8.84. The zero-order valence-electron chi connectivity index (χ0n) is 16.3. The van der Waals surface area contributed by atoms with Gasteiger partial charge in [-0.3, -0.25) is 14.4 Å². The first-order valence-corrected chi connectivity index (χ1v) is 11.5. The molecule has 2 fully saturated rings. The zero-order valence-corrected chi connectivity index (χ0v) is 17.1. The molecule has 2 saturated carbocycles. The summed E-state index contributed by atoms with van der Waals surface area (Å²) in [6.45, 7) is 0. The minimum absolute atomic E-state index is 0.0244. The monoisotopic (exact) mass is 414 g/mol. The van der Waals surface area contributed by atoms with Crippen molar-refractivity contribution < 1.29 is 19.5 Å². The predicted octanol–water partition coefficient (Wildman–Crippen LogP) is 3.37. The van der Waals surface area contributed by atoms with E-state index in [1.807, 2.05) is 12.2 Å². The van der Waals surface area contributed by atoms with E-state index in [-0.39, 0.29) is 29.7 Å². The molecule has 4 aliphatic carbocycles. The van der Waals surface area contributed by atoms with Crippen LogP contribution in [0.5, 0.6) is 0 Å². The lowest BCUT2D eigenvalue weighted by Gasteiger charge is -2.24. The number of amides is 2. The summed E-state index contributed by atoms with van der Waals surface area (Å²) in [4.78, 5) is 39.2. The number of aliphatic carboxylic acids is 1. The van der Waals surface area contributed by atoms with Crippen molar-refractivity contribution in [1.82, 2.24) is 5.32 Å². The summed E-state index contributed by atoms with van der Waals surface area (Å²) in [5.74, 6) is -2.58. The normalized spacial score (nSPS) is 29.9. The second-order valence-corrected chi connectivity index (χ2v) is 9.95. The molecule has 0 saturated heterocycles. The van der Waals surface area contributed by atoms with E-state index in [2.05, 4.69) is 10.6 Å². The highest BCUT2D eigenvalue weighted by atomic mass is 32.1. The number of fused-ring (bicyclic) bond motifs is 3. The Morgan fingerprint density at radius 1 is 1.00 bits per heavy atom. The van der Waals surface area contributed by atoms with Gasteiger partial charge in [0.1, 0.15) is 5.00 Å². The van der Waals surface area contributed by atoms with Gasteiger partial charge in [0.2, 0.25) is 5.91 Å². The van der Waals surface area contributed by atoms with E-state index in [0.29, 0.717) is 10.6 Å². The number of allylic oxidation sites excluding steroid dienone is 2. The number of carbonyl (C=O) groups is 3. The van der Waals surface area contributed by atoms with Crippen molar-refractivity contribution >= 4 is 34.1 Å². The van der Waals surface area contributed by atoms with E-state index < -0.39 is 17.8 Å². The number of carboxylic acid groups (broad SMARTS) is 1. The van der Waals surface area contributed by atoms with Gasteiger partial charge in [0.25, 0.3) is 5.91 Å². The quantitative estimate of drug-likeness (QED) is 0.644. The Hall–Kier alpha value is -2.15. The van der Waals surface area contributed by atoms with Crippen LogP contribution in [0.2, 0.25) is 0 Å². The van der Waals surface area contributed by atoms with Gasteiger partial charge in [-0.15, -0.1) is 11.3 Å². The highest BCUT2D eigenvalue weighted by Gasteiger charge is 2.51. The number of hydrogen-bond donors (Lipinski definition) is 3. The van der Waals surface area contributed by atoms with Gasteiger partial charge in [-0.1, -0.05) is 25.0 Å². The number of nitrogens with one attached hydrogen (secondary N) is 2. The third kappa shape index (κ3) is 3.19. The molecule has 0 radical (unpaired) electrons. The molecule has 4 aliphatic rings. The molecule has 2 amide bonds. The predicted molar refractivity (Wildman–Crippen MR) is 110 cm³/mol. The van der Waals surface area contributed by atoms with Crippen LogP contribution in [0.3, 0.4) is 0 Å². The second kappa shape index (κ2) is 7.27. The summed E-state index contributed by atoms with van der Waals surface area (Å²) in [6, 6.07) is 0.218. The van der Waals surface area contributed by atoms with E-state index in [1.165, 1.54) is 16.2 Å². The molecular weight excluding hydrogens is 388 g/mol. The molecule has 2 bridgehead atoms. The van der Waals surface area contributed by atoms with Crippen molar-refractivity contribution in [2.75, 3.05) is 5.32 Å². The van der Waals surface area contributed by atoms with Crippen molar-refractivity contribution in [3.63, 3.8) is 0 Å². The molecular formula is C22H26N2O4S. The van der Waals surface area contributed by atoms with E-state index in [4.69, 9.17) is 0 Å². The summed E-state index contributed by atoms with van der Waals surface area (Å²) in [5.41, 5.74) is 1.69. The van der Waals surface area contributed by atoms with Crippen molar-refractivity contribution in [2.45, 2.75) is 57.4 Å². The maximum Gasteiger partial charge on any atom is 0.307 e. The van der Waals surface area contributed by atoms with Crippen molar-refractivity contribution in [3.05, 3.63) is 28.2 Å². The van der Waals surface area contributed by atoms with E-state index in [9.17, 15) is 19.5 Å². The van der Waals surface area contributed by atoms with Crippen molar-refractivity contribution in [2.24, 2.45) is 23.7 Å². The molecule has 154 valence electrons. The van der Waals surface area contributed by atoms with Crippen LogP contribution in [-0.4, -0.2) is 28.9 Å². The number of carboxylic acids is 1. The summed E-state index contributed by atoms with van der Waals surface area (Å²) in [6.07, 6.45) is 11.8. The number of hydrogen-bond acceptors (Lipinski definition) is 4. The maximum absolute atomic E-state index is 13.1. The molecule has 5 rings (SSSR count). The van der Waals surface area contributed by atoms with E-state index in [0.717, 1.165) is 56.9 Å². The van der Waals surface area contributed by atoms with Crippen LogP contribution >= 0.6 is 11.3 Å². The SMILES string of the molecule is O=C(NC1CCCC1)c1c(NC(=O)[C@H]2[C@@H](C(=O)O)[C@H]3C=C[C@@H]2C3)sc2c1CCC2. The standard InChI is InChI=1S/C22H26N2O4S/c25-19(16-11-8-9-12(10-11)17(16)22(27)28)24-21-18(14-6-3-7-15(14)29-21)20(26)23-13-4-1-2-5-13/h8-9,11-13,16-17H,1-7,10H2,(H,23,26)(H,24,25)(H,27,28)/t11-,12+,16-,17+/m1/s1. The Balaban J connectivity index is 1.40. The average molecular weight is 415 g/mol. The summed E-state index contributed by atoms with van der Waals surface area (Å²) in [5, 5.41) is 16.4. The first-order chi connectivity index (χ1) is 14.0. The lowest BCUT2D eigenvalue weighted by Crippen LogP contribution is -2.37. The summed E-state index contributed by atoms with van der Waals surface area (Å²) >= 11 is 1.49. The zero-order chi connectivity index (χ0) is 20.1. The minimum Gasteiger partial charge on any atom is -0.481 e. The Bertz CT molecular complexity index is 899. The number of carbonyl (C=O) groups excluding carboxylic acids is 2. The molecule has 3 N–H and O–H groups in total. The van der Waals surface area contributed by atoms with Gasteiger partial charge in [0.05, 0.1) is 17.4 Å². The maximum atomic E-state index is 13.1. The highest BCUT2D eigenvalue weighted by Crippen LogP contribution is 2.49. The minimum atomic E-state index is -0.908. The Kier molecular flexibility index (Phi) is 4.73. The van der Waals surface area contributed by atoms with Gasteiger partial charge in [-0.05, 0) is 55.9 Å². The van der Waals surface area contributed by atoms with Gasteiger partial charge in [-0.2, -0.15) is 0 Å². The van der Waals surface area contributed by atoms with E-state index >= 15 is 0 Å². The molecule has 4 atom stereocenters. The fourth-order valence-corrected chi connectivity index (χ4v) is 7.06. The van der Waals surface area contributed by atoms with E-state index in [1.54, 1.807) is 0 Å². The molecule has 1 aromatic rings. The third-order valence-corrected chi connectivity index (χ3v) is 8.33. The average Bonchev–Trinajstić information content (AvgIpc) is 3.46. The number of aryl methyl sites for hydroxylation is 1. The van der Waals surface area contributed by atoms with Crippen LogP contribution in [-0.2, 0) is 22.4 Å². The first-order valence-electron chi connectivity index (χ1n) is 10.7. The summed E-state index contributed by atoms with van der Waals surface area (Å²) < 4.78 is 0. The van der Waals surface area contributed by atoms with Crippen LogP contribution in [0.15, 0.2) is 12.2 Å². The molecule has 1 heterocycles. The largest absolute Gasteiger partial charge is 0.481 e.